The number of ether oxygens (including phenoxy) is 1. The highest BCUT2D eigenvalue weighted by Gasteiger charge is 2.19. The van der Waals surface area contributed by atoms with E-state index in [2.05, 4.69) is 4.72 Å². The van der Waals surface area contributed by atoms with Crippen molar-refractivity contribution in [3.8, 4) is 0 Å². The predicted molar refractivity (Wildman–Crippen MR) is 75.2 cm³/mol. The summed E-state index contributed by atoms with van der Waals surface area (Å²) in [7, 11) is -3.57. The third-order valence-electron chi connectivity index (χ3n) is 3.37. The lowest BCUT2D eigenvalue weighted by atomic mass is 10.0. The normalized spacial score (nSPS) is 19.8. The number of carbonyl (C=O) groups is 1. The van der Waals surface area contributed by atoms with Crippen molar-refractivity contribution >= 4 is 15.8 Å². The summed E-state index contributed by atoms with van der Waals surface area (Å²) in [5, 5.41) is 0. The highest BCUT2D eigenvalue weighted by molar-refractivity contribution is 7.89. The lowest BCUT2D eigenvalue weighted by Crippen LogP contribution is -2.33. The maximum atomic E-state index is 12.2. The maximum absolute atomic E-state index is 12.2. The van der Waals surface area contributed by atoms with Gasteiger partial charge in [-0.2, -0.15) is 0 Å². The zero-order valence-corrected chi connectivity index (χ0v) is 12.3. The Kier molecular flexibility index (Phi) is 4.91. The van der Waals surface area contributed by atoms with Crippen LogP contribution in [-0.2, 0) is 14.8 Å². The smallest absolute Gasteiger partial charge is 0.240 e. The molecule has 0 aromatic heterocycles. The lowest BCUT2D eigenvalue weighted by molar-refractivity contribution is 0.0568. The fourth-order valence-electron chi connectivity index (χ4n) is 2.16. The van der Waals surface area contributed by atoms with Crippen molar-refractivity contribution in [3.63, 3.8) is 0 Å². The molecule has 0 radical (unpaired) electrons. The Morgan fingerprint density at radius 1 is 1.45 bits per heavy atom. The monoisotopic (exact) mass is 297 g/mol. The molecule has 0 spiro atoms. The van der Waals surface area contributed by atoms with Gasteiger partial charge in [0.2, 0.25) is 10.0 Å². The second-order valence-electron chi connectivity index (χ2n) is 5.02. The molecule has 1 fully saturated rings. The van der Waals surface area contributed by atoms with E-state index in [-0.39, 0.29) is 16.6 Å². The molecular formula is C14H19NO4S. The van der Waals surface area contributed by atoms with Gasteiger partial charge >= 0.3 is 0 Å². The number of carbonyl (C=O) groups excluding carboxylic acids is 1. The molecule has 1 aliphatic rings. The Morgan fingerprint density at radius 3 is 2.90 bits per heavy atom. The maximum Gasteiger partial charge on any atom is 0.240 e. The van der Waals surface area contributed by atoms with Gasteiger partial charge < -0.3 is 4.74 Å². The molecule has 20 heavy (non-hydrogen) atoms. The summed E-state index contributed by atoms with van der Waals surface area (Å²) in [6, 6.07) is 6.08. The van der Waals surface area contributed by atoms with Crippen LogP contribution in [0, 0.1) is 5.92 Å². The van der Waals surface area contributed by atoms with Gasteiger partial charge in [0.1, 0.15) is 0 Å². The molecular weight excluding hydrogens is 278 g/mol. The number of Topliss-reactive ketones (excluding diaryl/α,β-unsaturated/α-hetero) is 1. The molecule has 1 atom stereocenters. The van der Waals surface area contributed by atoms with Gasteiger partial charge in [0, 0.05) is 18.7 Å². The van der Waals surface area contributed by atoms with Gasteiger partial charge in [0.25, 0.3) is 0 Å². The van der Waals surface area contributed by atoms with Crippen molar-refractivity contribution in [3.05, 3.63) is 29.8 Å². The Hall–Kier alpha value is -1.24. The van der Waals surface area contributed by atoms with E-state index < -0.39 is 10.0 Å². The minimum Gasteiger partial charge on any atom is -0.381 e. The fraction of sp³-hybridized carbons (Fsp3) is 0.500. The Bertz CT molecular complexity index is 577. The average molecular weight is 297 g/mol. The molecule has 0 bridgehead atoms. The summed E-state index contributed by atoms with van der Waals surface area (Å²) >= 11 is 0. The van der Waals surface area contributed by atoms with E-state index in [1.165, 1.54) is 19.1 Å². The molecule has 1 saturated heterocycles. The molecule has 0 aliphatic carbocycles. The van der Waals surface area contributed by atoms with E-state index >= 15 is 0 Å². The van der Waals surface area contributed by atoms with Crippen LogP contribution in [0.25, 0.3) is 0 Å². The van der Waals surface area contributed by atoms with Gasteiger partial charge in [-0.1, -0.05) is 12.1 Å². The molecule has 110 valence electrons. The first kappa shape index (κ1) is 15.2. The summed E-state index contributed by atoms with van der Waals surface area (Å²) in [4.78, 5) is 11.4. The molecule has 0 saturated carbocycles. The van der Waals surface area contributed by atoms with Gasteiger partial charge in [0.05, 0.1) is 11.5 Å². The first-order chi connectivity index (χ1) is 9.49. The van der Waals surface area contributed by atoms with Crippen molar-refractivity contribution < 1.29 is 17.9 Å². The van der Waals surface area contributed by atoms with Gasteiger partial charge in [-0.3, -0.25) is 4.79 Å². The topological polar surface area (TPSA) is 72.5 Å². The lowest BCUT2D eigenvalue weighted by Gasteiger charge is -2.22. The second kappa shape index (κ2) is 6.47. The van der Waals surface area contributed by atoms with Crippen molar-refractivity contribution in [1.82, 2.24) is 4.72 Å². The summed E-state index contributed by atoms with van der Waals surface area (Å²) < 4.78 is 32.3. The van der Waals surface area contributed by atoms with Crippen LogP contribution in [0.4, 0.5) is 0 Å². The third kappa shape index (κ3) is 3.88. The molecule has 1 unspecified atom stereocenters. The number of hydrogen-bond acceptors (Lipinski definition) is 4. The molecule has 0 amide bonds. The highest BCUT2D eigenvalue weighted by Crippen LogP contribution is 2.15. The van der Waals surface area contributed by atoms with Gasteiger partial charge in [-0.05, 0) is 37.8 Å². The second-order valence-corrected chi connectivity index (χ2v) is 6.79. The first-order valence-electron chi connectivity index (χ1n) is 6.67. The number of hydrogen-bond donors (Lipinski definition) is 1. The number of rotatable bonds is 5. The summed E-state index contributed by atoms with van der Waals surface area (Å²) in [6.07, 6.45) is 1.93. The highest BCUT2D eigenvalue weighted by atomic mass is 32.2. The van der Waals surface area contributed by atoms with Gasteiger partial charge in [-0.25, -0.2) is 13.1 Å². The van der Waals surface area contributed by atoms with E-state index in [1.54, 1.807) is 12.1 Å². The van der Waals surface area contributed by atoms with Crippen molar-refractivity contribution in [1.29, 1.82) is 0 Å². The largest absolute Gasteiger partial charge is 0.381 e. The molecule has 1 N–H and O–H groups in total. The van der Waals surface area contributed by atoms with Crippen LogP contribution >= 0.6 is 0 Å². The summed E-state index contributed by atoms with van der Waals surface area (Å²) in [5.41, 5.74) is 0.397. The molecule has 1 aliphatic heterocycles. The summed E-state index contributed by atoms with van der Waals surface area (Å²) in [6.45, 7) is 3.13. The number of ketones is 1. The number of nitrogens with one attached hydrogen (secondary N) is 1. The minimum atomic E-state index is -3.57. The summed E-state index contributed by atoms with van der Waals surface area (Å²) in [5.74, 6) is 0.0669. The molecule has 1 aromatic rings. The van der Waals surface area contributed by atoms with E-state index in [9.17, 15) is 13.2 Å². The minimum absolute atomic E-state index is 0.127. The third-order valence-corrected chi connectivity index (χ3v) is 4.79. The Balaban J connectivity index is 2.05. The SMILES string of the molecule is CC(=O)c1cccc(S(=O)(=O)NCC2CCCOC2)c1. The van der Waals surface area contributed by atoms with Crippen LogP contribution in [-0.4, -0.2) is 34.0 Å². The van der Waals surface area contributed by atoms with Crippen LogP contribution in [0.2, 0.25) is 0 Å². The average Bonchev–Trinajstić information content (AvgIpc) is 2.46. The fourth-order valence-corrected chi connectivity index (χ4v) is 3.32. The van der Waals surface area contributed by atoms with Crippen LogP contribution in [0.1, 0.15) is 30.1 Å². The Labute approximate surface area is 119 Å². The molecule has 2 rings (SSSR count). The quantitative estimate of drug-likeness (QED) is 0.838. The molecule has 5 nitrogen and oxygen atoms in total. The Morgan fingerprint density at radius 2 is 2.25 bits per heavy atom. The molecule has 6 heteroatoms. The van der Waals surface area contributed by atoms with Gasteiger partial charge in [-0.15, -0.1) is 0 Å². The van der Waals surface area contributed by atoms with Crippen molar-refractivity contribution in [2.75, 3.05) is 19.8 Å². The number of sulfonamides is 1. The predicted octanol–water partition coefficient (Wildman–Crippen LogP) is 1.59. The zero-order chi connectivity index (χ0) is 14.6. The molecule has 1 aromatic carbocycles. The van der Waals surface area contributed by atoms with Crippen LogP contribution in [0.3, 0.4) is 0 Å². The van der Waals surface area contributed by atoms with Gasteiger partial charge in [0.15, 0.2) is 5.78 Å². The molecule has 1 heterocycles. The van der Waals surface area contributed by atoms with Crippen molar-refractivity contribution in [2.24, 2.45) is 5.92 Å². The van der Waals surface area contributed by atoms with Crippen LogP contribution < -0.4 is 4.72 Å². The van der Waals surface area contributed by atoms with E-state index in [0.717, 1.165) is 19.4 Å². The number of benzene rings is 1. The van der Waals surface area contributed by atoms with E-state index in [1.807, 2.05) is 0 Å². The van der Waals surface area contributed by atoms with Crippen LogP contribution in [0.15, 0.2) is 29.2 Å². The van der Waals surface area contributed by atoms with E-state index in [4.69, 9.17) is 4.74 Å². The first-order valence-corrected chi connectivity index (χ1v) is 8.16. The van der Waals surface area contributed by atoms with E-state index in [0.29, 0.717) is 18.7 Å². The zero-order valence-electron chi connectivity index (χ0n) is 11.5. The van der Waals surface area contributed by atoms with Crippen LogP contribution in [0.5, 0.6) is 0 Å². The van der Waals surface area contributed by atoms with Crippen molar-refractivity contribution in [2.45, 2.75) is 24.7 Å². The standard InChI is InChI=1S/C14H19NO4S/c1-11(16)13-5-2-6-14(8-13)20(17,18)15-9-12-4-3-7-19-10-12/h2,5-6,8,12,15H,3-4,7,9-10H2,1H3.